The average molecular weight is 411 g/mol. The van der Waals surface area contributed by atoms with Crippen molar-refractivity contribution < 1.29 is 19.5 Å². The van der Waals surface area contributed by atoms with Gasteiger partial charge in [-0.1, -0.05) is 72.8 Å². The summed E-state index contributed by atoms with van der Waals surface area (Å²) in [7, 11) is 0. The third-order valence-corrected chi connectivity index (χ3v) is 3.47. The van der Waals surface area contributed by atoms with Crippen molar-refractivity contribution in [3.8, 4) is 22.5 Å². The fourth-order valence-corrected chi connectivity index (χ4v) is 2.29. The molecule has 2 aromatic heterocycles. The van der Waals surface area contributed by atoms with E-state index < -0.39 is 0 Å². The van der Waals surface area contributed by atoms with Gasteiger partial charge in [-0.3, -0.25) is 9.97 Å². The number of aromatic nitrogens is 2. The van der Waals surface area contributed by atoms with E-state index >= 15 is 0 Å². The summed E-state index contributed by atoms with van der Waals surface area (Å²) in [6.45, 7) is 0. The zero-order chi connectivity index (χ0) is 16.5. The minimum Gasteiger partial charge on any atom is -0.255 e. The molecule has 4 rings (SSSR count). The molecule has 0 amide bonds. The molecule has 0 atom stereocenters. The molecule has 0 aliphatic rings. The fourth-order valence-electron chi connectivity index (χ4n) is 2.29. The molecule has 0 aliphatic heterocycles. The maximum atomic E-state index is 4.19. The normalized spacial score (nSPS) is 9.28. The predicted octanol–water partition coefficient (Wildman–Crippen LogP) is 5.49. The molecule has 0 aliphatic carbocycles. The van der Waals surface area contributed by atoms with E-state index in [-0.39, 0.29) is 19.5 Å². The fraction of sp³-hybridized carbons (Fsp3) is 0. The van der Waals surface area contributed by atoms with Crippen LogP contribution in [0.1, 0.15) is 0 Å². The van der Waals surface area contributed by atoms with E-state index in [1.165, 1.54) is 11.1 Å². The smallest absolute Gasteiger partial charge is 0.255 e. The van der Waals surface area contributed by atoms with Crippen LogP contribution in [0.5, 0.6) is 0 Å². The Morgan fingerprint density at radius 2 is 0.760 bits per heavy atom. The Morgan fingerprint density at radius 3 is 1.08 bits per heavy atom. The summed E-state index contributed by atoms with van der Waals surface area (Å²) in [4.78, 5) is 8.37. The van der Waals surface area contributed by atoms with Crippen molar-refractivity contribution in [3.05, 3.63) is 109 Å². The van der Waals surface area contributed by atoms with Gasteiger partial charge in [0.1, 0.15) is 0 Å². The Kier molecular flexibility index (Phi) is 7.68. The van der Waals surface area contributed by atoms with Crippen LogP contribution in [0.15, 0.2) is 109 Å². The van der Waals surface area contributed by atoms with Gasteiger partial charge in [-0.25, -0.2) is 0 Å². The summed E-state index contributed by atoms with van der Waals surface area (Å²) in [5.41, 5.74) is 4.38. The van der Waals surface area contributed by atoms with E-state index in [9.17, 15) is 0 Å². The van der Waals surface area contributed by atoms with Crippen molar-refractivity contribution in [3.63, 3.8) is 0 Å². The number of benzene rings is 2. The number of hydrogen-bond acceptors (Lipinski definition) is 2. The third-order valence-electron chi connectivity index (χ3n) is 3.47. The van der Waals surface area contributed by atoms with E-state index in [4.69, 9.17) is 0 Å². The second kappa shape index (κ2) is 10.3. The summed E-state index contributed by atoms with van der Waals surface area (Å²) >= 11 is 0. The van der Waals surface area contributed by atoms with Crippen LogP contribution in [0.2, 0.25) is 0 Å². The van der Waals surface area contributed by atoms with E-state index in [0.29, 0.717) is 0 Å². The van der Waals surface area contributed by atoms with Crippen LogP contribution in [-0.4, -0.2) is 9.97 Å². The first-order chi connectivity index (χ1) is 11.9. The SMILES string of the molecule is [Ru+2].c1ccc(-c2ccccc2)cc1.c1ccc(-c2ccccn2)nc1. The van der Waals surface area contributed by atoms with Gasteiger partial charge in [0.15, 0.2) is 0 Å². The van der Waals surface area contributed by atoms with Gasteiger partial charge in [0, 0.05) is 12.4 Å². The minimum atomic E-state index is 0. The Labute approximate surface area is 161 Å². The Bertz CT molecular complexity index is 686. The molecule has 0 spiro atoms. The zero-order valence-electron chi connectivity index (χ0n) is 13.6. The van der Waals surface area contributed by atoms with Crippen LogP contribution in [-0.2, 0) is 19.5 Å². The Hall–Kier alpha value is -2.64. The molecular weight excluding hydrogens is 393 g/mol. The zero-order valence-corrected chi connectivity index (χ0v) is 15.4. The molecule has 2 aromatic carbocycles. The maximum Gasteiger partial charge on any atom is 2.00 e. The van der Waals surface area contributed by atoms with Crippen molar-refractivity contribution in [1.82, 2.24) is 9.97 Å². The van der Waals surface area contributed by atoms with E-state index in [1.54, 1.807) is 12.4 Å². The van der Waals surface area contributed by atoms with Crippen LogP contribution in [0, 0.1) is 0 Å². The third kappa shape index (κ3) is 5.74. The van der Waals surface area contributed by atoms with Gasteiger partial charge in [0.2, 0.25) is 0 Å². The number of hydrogen-bond donors (Lipinski definition) is 0. The first-order valence-corrected chi connectivity index (χ1v) is 7.86. The van der Waals surface area contributed by atoms with E-state index in [0.717, 1.165) is 11.4 Å². The summed E-state index contributed by atoms with van der Waals surface area (Å²) < 4.78 is 0. The first-order valence-electron chi connectivity index (χ1n) is 7.86. The molecule has 122 valence electrons. The molecule has 0 unspecified atom stereocenters. The van der Waals surface area contributed by atoms with Crippen LogP contribution < -0.4 is 0 Å². The Balaban J connectivity index is 0.000000173. The van der Waals surface area contributed by atoms with Crippen LogP contribution in [0.3, 0.4) is 0 Å². The summed E-state index contributed by atoms with van der Waals surface area (Å²) in [6, 6.07) is 32.4. The monoisotopic (exact) mass is 412 g/mol. The Morgan fingerprint density at radius 1 is 0.400 bits per heavy atom. The van der Waals surface area contributed by atoms with Crippen molar-refractivity contribution in [2.24, 2.45) is 0 Å². The first kappa shape index (κ1) is 18.7. The number of rotatable bonds is 2. The van der Waals surface area contributed by atoms with Crippen LogP contribution >= 0.6 is 0 Å². The van der Waals surface area contributed by atoms with Gasteiger partial charge in [0.25, 0.3) is 0 Å². The molecular formula is C22H18N2Ru+2. The second-order valence-corrected chi connectivity index (χ2v) is 5.16. The summed E-state index contributed by atoms with van der Waals surface area (Å²) in [6.07, 6.45) is 3.54. The maximum absolute atomic E-state index is 4.19. The number of pyridine rings is 2. The van der Waals surface area contributed by atoms with Crippen molar-refractivity contribution in [2.75, 3.05) is 0 Å². The van der Waals surface area contributed by atoms with Crippen molar-refractivity contribution >= 4 is 0 Å². The molecule has 0 bridgehead atoms. The summed E-state index contributed by atoms with van der Waals surface area (Å²) in [5, 5.41) is 0. The largest absolute Gasteiger partial charge is 2.00 e. The van der Waals surface area contributed by atoms with Crippen molar-refractivity contribution in [2.45, 2.75) is 0 Å². The summed E-state index contributed by atoms with van der Waals surface area (Å²) in [5.74, 6) is 0. The van der Waals surface area contributed by atoms with Gasteiger partial charge in [-0.05, 0) is 35.4 Å². The van der Waals surface area contributed by atoms with Crippen LogP contribution in [0.4, 0.5) is 0 Å². The quantitative estimate of drug-likeness (QED) is 0.408. The van der Waals surface area contributed by atoms with Gasteiger partial charge in [-0.15, -0.1) is 0 Å². The van der Waals surface area contributed by atoms with E-state index in [2.05, 4.69) is 58.5 Å². The van der Waals surface area contributed by atoms with E-state index in [1.807, 2.05) is 48.5 Å². The molecule has 0 saturated heterocycles. The molecule has 0 fully saturated rings. The predicted molar refractivity (Wildman–Crippen MR) is 99.3 cm³/mol. The topological polar surface area (TPSA) is 25.8 Å². The molecule has 0 radical (unpaired) electrons. The van der Waals surface area contributed by atoms with Gasteiger partial charge < -0.3 is 0 Å². The van der Waals surface area contributed by atoms with Gasteiger partial charge in [0.05, 0.1) is 11.4 Å². The molecule has 0 saturated carbocycles. The van der Waals surface area contributed by atoms with Crippen LogP contribution in [0.25, 0.3) is 22.5 Å². The minimum absolute atomic E-state index is 0. The molecule has 2 heterocycles. The second-order valence-electron chi connectivity index (χ2n) is 5.16. The average Bonchev–Trinajstić information content (AvgIpc) is 2.71. The molecule has 2 nitrogen and oxygen atoms in total. The van der Waals surface area contributed by atoms with Gasteiger partial charge >= 0.3 is 19.5 Å². The number of nitrogens with zero attached hydrogens (tertiary/aromatic N) is 2. The molecule has 25 heavy (non-hydrogen) atoms. The molecule has 4 aromatic rings. The standard InChI is InChI=1S/C12H10.C10H8N2.Ru/c1-3-7-11(8-4-1)12-9-5-2-6-10-12;1-3-7-11-9(5-1)10-6-2-4-8-12-10;/h1-10H;1-8H;/q;;+2. The van der Waals surface area contributed by atoms with Gasteiger partial charge in [-0.2, -0.15) is 0 Å². The van der Waals surface area contributed by atoms with Crippen molar-refractivity contribution in [1.29, 1.82) is 0 Å². The molecule has 3 heteroatoms. The molecule has 0 N–H and O–H groups in total.